The van der Waals surface area contributed by atoms with Gasteiger partial charge in [0.2, 0.25) is 0 Å². The summed E-state index contributed by atoms with van der Waals surface area (Å²) in [5.74, 6) is -0.885. The standard InChI is InChI=1S/C13H14ClFO2/c1-13(6-2-3-7-17-13)12(16)10-5-4-9(14)8-11(10)15/h4-5,8H,2-3,6-7H2,1H3. The summed E-state index contributed by atoms with van der Waals surface area (Å²) in [6.07, 6.45) is 2.51. The molecule has 0 aliphatic carbocycles. The molecule has 1 aliphatic rings. The number of halogens is 2. The van der Waals surface area contributed by atoms with Crippen LogP contribution in [0.25, 0.3) is 0 Å². The molecule has 0 N–H and O–H groups in total. The van der Waals surface area contributed by atoms with Crippen molar-refractivity contribution in [3.05, 3.63) is 34.6 Å². The Labute approximate surface area is 105 Å². The van der Waals surface area contributed by atoms with Crippen molar-refractivity contribution in [2.24, 2.45) is 0 Å². The van der Waals surface area contributed by atoms with Gasteiger partial charge < -0.3 is 4.74 Å². The van der Waals surface area contributed by atoms with Gasteiger partial charge in [0.15, 0.2) is 5.78 Å². The zero-order valence-electron chi connectivity index (χ0n) is 9.63. The Bertz CT molecular complexity index is 439. The van der Waals surface area contributed by atoms with E-state index in [9.17, 15) is 9.18 Å². The van der Waals surface area contributed by atoms with Crippen LogP contribution in [-0.2, 0) is 4.74 Å². The maximum absolute atomic E-state index is 13.7. The van der Waals surface area contributed by atoms with Crippen LogP contribution in [-0.4, -0.2) is 18.0 Å². The van der Waals surface area contributed by atoms with Crippen molar-refractivity contribution < 1.29 is 13.9 Å². The Balaban J connectivity index is 2.30. The Morgan fingerprint density at radius 3 is 2.82 bits per heavy atom. The molecular formula is C13H14ClFO2. The topological polar surface area (TPSA) is 26.3 Å². The summed E-state index contributed by atoms with van der Waals surface area (Å²) < 4.78 is 19.2. The highest BCUT2D eigenvalue weighted by atomic mass is 35.5. The highest BCUT2D eigenvalue weighted by molar-refractivity contribution is 6.30. The van der Waals surface area contributed by atoms with Crippen LogP contribution in [0.3, 0.4) is 0 Å². The van der Waals surface area contributed by atoms with Gasteiger partial charge in [0, 0.05) is 11.6 Å². The zero-order chi connectivity index (χ0) is 12.5. The first-order valence-corrected chi connectivity index (χ1v) is 6.04. The van der Waals surface area contributed by atoms with Crippen molar-refractivity contribution in [3.63, 3.8) is 0 Å². The Morgan fingerprint density at radius 2 is 2.24 bits per heavy atom. The van der Waals surface area contributed by atoms with E-state index in [-0.39, 0.29) is 16.4 Å². The van der Waals surface area contributed by atoms with Gasteiger partial charge in [-0.3, -0.25) is 4.79 Å². The molecule has 1 atom stereocenters. The fourth-order valence-corrected chi connectivity index (χ4v) is 2.23. The molecule has 0 aromatic heterocycles. The van der Waals surface area contributed by atoms with E-state index < -0.39 is 11.4 Å². The predicted molar refractivity (Wildman–Crippen MR) is 63.9 cm³/mol. The molecule has 2 nitrogen and oxygen atoms in total. The predicted octanol–water partition coefficient (Wildman–Crippen LogP) is 3.62. The Morgan fingerprint density at radius 1 is 1.47 bits per heavy atom. The second-order valence-corrected chi connectivity index (χ2v) is 4.93. The molecule has 0 amide bonds. The zero-order valence-corrected chi connectivity index (χ0v) is 10.4. The second kappa shape index (κ2) is 4.75. The van der Waals surface area contributed by atoms with Crippen molar-refractivity contribution in [2.45, 2.75) is 31.8 Å². The first-order valence-electron chi connectivity index (χ1n) is 5.67. The van der Waals surface area contributed by atoms with Gasteiger partial charge in [-0.25, -0.2) is 4.39 Å². The van der Waals surface area contributed by atoms with Crippen LogP contribution in [0.5, 0.6) is 0 Å². The van der Waals surface area contributed by atoms with Gasteiger partial charge in [-0.2, -0.15) is 0 Å². The van der Waals surface area contributed by atoms with Crippen molar-refractivity contribution in [1.82, 2.24) is 0 Å². The second-order valence-electron chi connectivity index (χ2n) is 4.49. The van der Waals surface area contributed by atoms with Crippen LogP contribution in [0.2, 0.25) is 5.02 Å². The number of rotatable bonds is 2. The highest BCUT2D eigenvalue weighted by Crippen LogP contribution is 2.29. The van der Waals surface area contributed by atoms with Gasteiger partial charge in [0.25, 0.3) is 0 Å². The van der Waals surface area contributed by atoms with E-state index in [0.29, 0.717) is 13.0 Å². The lowest BCUT2D eigenvalue weighted by atomic mass is 9.87. The summed E-state index contributed by atoms with van der Waals surface area (Å²) in [5.41, 5.74) is -0.841. The summed E-state index contributed by atoms with van der Waals surface area (Å²) in [7, 11) is 0. The summed E-state index contributed by atoms with van der Waals surface area (Å²) in [6.45, 7) is 2.28. The summed E-state index contributed by atoms with van der Waals surface area (Å²) in [5, 5.41) is 0.286. The minimum Gasteiger partial charge on any atom is -0.367 e. The SMILES string of the molecule is CC1(C(=O)c2ccc(Cl)cc2F)CCCCO1. The van der Waals surface area contributed by atoms with Gasteiger partial charge in [-0.1, -0.05) is 11.6 Å². The lowest BCUT2D eigenvalue weighted by Gasteiger charge is -2.32. The molecule has 0 radical (unpaired) electrons. The van der Waals surface area contributed by atoms with E-state index >= 15 is 0 Å². The molecule has 1 saturated heterocycles. The van der Waals surface area contributed by atoms with Crippen molar-refractivity contribution in [2.75, 3.05) is 6.61 Å². The van der Waals surface area contributed by atoms with E-state index in [4.69, 9.17) is 16.3 Å². The van der Waals surface area contributed by atoms with Crippen molar-refractivity contribution >= 4 is 17.4 Å². The first-order chi connectivity index (χ1) is 8.03. The highest BCUT2D eigenvalue weighted by Gasteiger charge is 2.37. The minimum atomic E-state index is -0.896. The van der Waals surface area contributed by atoms with E-state index in [1.807, 2.05) is 0 Å². The quantitative estimate of drug-likeness (QED) is 0.756. The van der Waals surface area contributed by atoms with Gasteiger partial charge in [0.05, 0.1) is 5.56 Å². The van der Waals surface area contributed by atoms with Crippen molar-refractivity contribution in [1.29, 1.82) is 0 Å². The molecule has 1 aliphatic heterocycles. The molecule has 17 heavy (non-hydrogen) atoms. The molecule has 1 unspecified atom stereocenters. The van der Waals surface area contributed by atoms with Crippen LogP contribution in [0.4, 0.5) is 4.39 Å². The average Bonchev–Trinajstić information content (AvgIpc) is 2.29. The monoisotopic (exact) mass is 256 g/mol. The summed E-state index contributed by atoms with van der Waals surface area (Å²) in [4.78, 5) is 12.2. The molecule has 1 aromatic carbocycles. The molecule has 4 heteroatoms. The van der Waals surface area contributed by atoms with Crippen molar-refractivity contribution in [3.8, 4) is 0 Å². The van der Waals surface area contributed by atoms with Crippen LogP contribution < -0.4 is 0 Å². The Kier molecular flexibility index (Phi) is 3.50. The summed E-state index contributed by atoms with van der Waals surface area (Å²) >= 11 is 5.66. The number of Topliss-reactive ketones (excluding diaryl/α,β-unsaturated/α-hetero) is 1. The lowest BCUT2D eigenvalue weighted by molar-refractivity contribution is -0.0428. The minimum absolute atomic E-state index is 0.0544. The average molecular weight is 257 g/mol. The number of hydrogen-bond acceptors (Lipinski definition) is 2. The fraction of sp³-hybridized carbons (Fsp3) is 0.462. The Hall–Kier alpha value is -0.930. The maximum atomic E-state index is 13.7. The van der Waals surface area contributed by atoms with Gasteiger partial charge in [0.1, 0.15) is 11.4 Å². The number of benzene rings is 1. The van der Waals surface area contributed by atoms with Crippen LogP contribution >= 0.6 is 11.6 Å². The summed E-state index contributed by atoms with van der Waals surface area (Å²) in [6, 6.07) is 4.09. The van der Waals surface area contributed by atoms with Crippen LogP contribution in [0.15, 0.2) is 18.2 Å². The first kappa shape index (κ1) is 12.5. The van der Waals surface area contributed by atoms with Gasteiger partial charge >= 0.3 is 0 Å². The molecule has 1 fully saturated rings. The van der Waals surface area contributed by atoms with E-state index in [1.54, 1.807) is 6.92 Å². The third-order valence-corrected chi connectivity index (χ3v) is 3.36. The van der Waals surface area contributed by atoms with Crippen LogP contribution in [0.1, 0.15) is 36.5 Å². The lowest BCUT2D eigenvalue weighted by Crippen LogP contribution is -2.41. The maximum Gasteiger partial charge on any atom is 0.197 e. The van der Waals surface area contributed by atoms with Crippen LogP contribution in [0, 0.1) is 5.82 Å². The normalized spacial score (nSPS) is 24.6. The number of hydrogen-bond donors (Lipinski definition) is 0. The van der Waals surface area contributed by atoms with Gasteiger partial charge in [-0.05, 0) is 44.4 Å². The smallest absolute Gasteiger partial charge is 0.197 e. The molecule has 92 valence electrons. The molecule has 0 bridgehead atoms. The third-order valence-electron chi connectivity index (χ3n) is 3.12. The number of carbonyl (C=O) groups is 1. The number of ketones is 1. The third kappa shape index (κ3) is 2.50. The number of carbonyl (C=O) groups excluding carboxylic acids is 1. The van der Waals surface area contributed by atoms with Gasteiger partial charge in [-0.15, -0.1) is 0 Å². The van der Waals surface area contributed by atoms with E-state index in [0.717, 1.165) is 18.9 Å². The largest absolute Gasteiger partial charge is 0.367 e. The molecule has 2 rings (SSSR count). The molecule has 1 heterocycles. The van der Waals surface area contributed by atoms with E-state index in [1.165, 1.54) is 12.1 Å². The van der Waals surface area contributed by atoms with E-state index in [2.05, 4.69) is 0 Å². The molecule has 0 spiro atoms. The number of ether oxygens (including phenoxy) is 1. The molecule has 0 saturated carbocycles. The molecular weight excluding hydrogens is 243 g/mol. The molecule has 1 aromatic rings. The fourth-order valence-electron chi connectivity index (χ4n) is 2.07.